The van der Waals surface area contributed by atoms with Crippen molar-refractivity contribution in [3.8, 4) is 11.5 Å². The van der Waals surface area contributed by atoms with Crippen molar-refractivity contribution < 1.29 is 24.5 Å². The molecule has 1 aliphatic carbocycles. The molecular formula is C25H29NO5. The second-order valence-corrected chi connectivity index (χ2v) is 8.60. The van der Waals surface area contributed by atoms with Gasteiger partial charge in [-0.3, -0.25) is 9.59 Å². The average Bonchev–Trinajstić information content (AvgIpc) is 3.52. The van der Waals surface area contributed by atoms with Gasteiger partial charge in [0.1, 0.15) is 17.5 Å². The molecule has 0 amide bonds. The smallest absolute Gasteiger partial charge is 0.320 e. The van der Waals surface area contributed by atoms with E-state index in [4.69, 9.17) is 9.84 Å². The van der Waals surface area contributed by atoms with Crippen molar-refractivity contribution >= 4 is 11.9 Å². The molecule has 1 heterocycles. The van der Waals surface area contributed by atoms with Crippen molar-refractivity contribution in [1.82, 2.24) is 5.32 Å². The summed E-state index contributed by atoms with van der Waals surface area (Å²) in [7, 11) is 0. The van der Waals surface area contributed by atoms with Crippen LogP contribution in [-0.4, -0.2) is 34.2 Å². The van der Waals surface area contributed by atoms with E-state index in [1.165, 1.54) is 18.4 Å². The number of aryl methyl sites for hydroxylation is 1. The van der Waals surface area contributed by atoms with Crippen molar-refractivity contribution in [2.24, 2.45) is 5.92 Å². The van der Waals surface area contributed by atoms with Crippen molar-refractivity contribution in [3.63, 3.8) is 0 Å². The van der Waals surface area contributed by atoms with Crippen molar-refractivity contribution in [3.05, 3.63) is 59.2 Å². The zero-order valence-electron chi connectivity index (χ0n) is 17.7. The van der Waals surface area contributed by atoms with E-state index in [2.05, 4.69) is 30.4 Å². The fraction of sp³-hybridized carbons (Fsp3) is 0.440. The normalized spacial score (nSPS) is 22.0. The molecule has 0 bridgehead atoms. The van der Waals surface area contributed by atoms with Gasteiger partial charge in [0.05, 0.1) is 5.92 Å². The predicted octanol–water partition coefficient (Wildman–Crippen LogP) is 4.56. The van der Waals surface area contributed by atoms with E-state index < -0.39 is 23.9 Å². The lowest BCUT2D eigenvalue weighted by Crippen LogP contribution is -2.40. The van der Waals surface area contributed by atoms with Crippen LogP contribution in [0.4, 0.5) is 0 Å². The van der Waals surface area contributed by atoms with Gasteiger partial charge in [0.2, 0.25) is 0 Å². The van der Waals surface area contributed by atoms with Gasteiger partial charge >= 0.3 is 11.9 Å². The van der Waals surface area contributed by atoms with Crippen LogP contribution in [0.3, 0.4) is 0 Å². The van der Waals surface area contributed by atoms with Crippen LogP contribution in [0.5, 0.6) is 11.5 Å². The third kappa shape index (κ3) is 4.74. The maximum atomic E-state index is 12.0. The Labute approximate surface area is 182 Å². The lowest BCUT2D eigenvalue weighted by molar-refractivity contribution is -0.141. The minimum Gasteiger partial charge on any atom is -0.481 e. The number of hydrogen-bond donors (Lipinski definition) is 3. The van der Waals surface area contributed by atoms with Crippen LogP contribution in [0.25, 0.3) is 0 Å². The van der Waals surface area contributed by atoms with Crippen LogP contribution >= 0.6 is 0 Å². The first kappa shape index (κ1) is 21.4. The molecule has 0 aromatic heterocycles. The molecule has 0 saturated heterocycles. The lowest BCUT2D eigenvalue weighted by Gasteiger charge is -2.30. The molecule has 0 radical (unpaired) electrons. The highest BCUT2D eigenvalue weighted by molar-refractivity contribution is 5.76. The Hall–Kier alpha value is -2.86. The SMILES string of the molecule is CCCCCc1ccc2c(c1)Oc1ccccc1C2CC(NC1CC1C(=O)O)C(=O)O. The minimum atomic E-state index is -0.960. The number of hydrogen-bond acceptors (Lipinski definition) is 4. The van der Waals surface area contributed by atoms with Gasteiger partial charge in [0.25, 0.3) is 0 Å². The number of ether oxygens (including phenoxy) is 1. The first-order valence-corrected chi connectivity index (χ1v) is 11.1. The number of para-hydroxylation sites is 1. The highest BCUT2D eigenvalue weighted by Gasteiger charge is 2.45. The Morgan fingerprint density at radius 1 is 1.10 bits per heavy atom. The summed E-state index contributed by atoms with van der Waals surface area (Å²) in [6.07, 6.45) is 5.29. The molecule has 4 unspecified atom stereocenters. The predicted molar refractivity (Wildman–Crippen MR) is 117 cm³/mol. The molecule has 4 atom stereocenters. The van der Waals surface area contributed by atoms with E-state index in [9.17, 15) is 14.7 Å². The summed E-state index contributed by atoms with van der Waals surface area (Å²) in [5.74, 6) is -0.930. The second kappa shape index (κ2) is 9.10. The summed E-state index contributed by atoms with van der Waals surface area (Å²) in [6.45, 7) is 2.19. The monoisotopic (exact) mass is 423 g/mol. The lowest BCUT2D eigenvalue weighted by atomic mass is 9.82. The summed E-state index contributed by atoms with van der Waals surface area (Å²) in [4.78, 5) is 23.2. The van der Waals surface area contributed by atoms with Gasteiger partial charge in [-0.25, -0.2) is 0 Å². The number of aliphatic carboxylic acids is 2. The zero-order valence-corrected chi connectivity index (χ0v) is 17.7. The first-order chi connectivity index (χ1) is 15.0. The van der Waals surface area contributed by atoms with Crippen molar-refractivity contribution in [2.75, 3.05) is 0 Å². The number of carbonyl (C=O) groups is 2. The van der Waals surface area contributed by atoms with Crippen LogP contribution < -0.4 is 10.1 Å². The quantitative estimate of drug-likeness (QED) is 0.485. The highest BCUT2D eigenvalue weighted by Crippen LogP contribution is 2.46. The van der Waals surface area contributed by atoms with Crippen LogP contribution in [-0.2, 0) is 16.0 Å². The number of carboxylic acid groups (broad SMARTS) is 2. The molecule has 164 valence electrons. The molecule has 6 nitrogen and oxygen atoms in total. The number of benzene rings is 2. The van der Waals surface area contributed by atoms with Gasteiger partial charge in [-0.1, -0.05) is 50.1 Å². The molecule has 31 heavy (non-hydrogen) atoms. The number of rotatable bonds is 10. The van der Waals surface area contributed by atoms with Gasteiger partial charge in [0.15, 0.2) is 0 Å². The Morgan fingerprint density at radius 2 is 1.87 bits per heavy atom. The molecule has 2 aromatic carbocycles. The first-order valence-electron chi connectivity index (χ1n) is 11.1. The molecule has 2 aromatic rings. The highest BCUT2D eigenvalue weighted by atomic mass is 16.5. The molecule has 3 N–H and O–H groups in total. The second-order valence-electron chi connectivity index (χ2n) is 8.60. The van der Waals surface area contributed by atoms with Crippen LogP contribution in [0.15, 0.2) is 42.5 Å². The zero-order chi connectivity index (χ0) is 22.0. The van der Waals surface area contributed by atoms with Crippen molar-refractivity contribution in [2.45, 2.75) is 63.5 Å². The molecule has 6 heteroatoms. The molecule has 1 fully saturated rings. The van der Waals surface area contributed by atoms with E-state index >= 15 is 0 Å². The number of fused-ring (bicyclic) bond motifs is 2. The van der Waals surface area contributed by atoms with E-state index in [1.54, 1.807) is 0 Å². The van der Waals surface area contributed by atoms with Gasteiger partial charge in [0, 0.05) is 23.1 Å². The topological polar surface area (TPSA) is 95.9 Å². The Bertz CT molecular complexity index is 972. The number of nitrogens with one attached hydrogen (secondary N) is 1. The van der Waals surface area contributed by atoms with Gasteiger partial charge in [-0.2, -0.15) is 0 Å². The number of unbranched alkanes of at least 4 members (excludes halogenated alkanes) is 2. The Morgan fingerprint density at radius 3 is 2.58 bits per heavy atom. The third-order valence-electron chi connectivity index (χ3n) is 6.33. The Balaban J connectivity index is 1.59. The fourth-order valence-electron chi connectivity index (χ4n) is 4.48. The van der Waals surface area contributed by atoms with Crippen LogP contribution in [0, 0.1) is 5.92 Å². The van der Waals surface area contributed by atoms with Crippen LogP contribution in [0.1, 0.15) is 61.6 Å². The third-order valence-corrected chi connectivity index (χ3v) is 6.33. The van der Waals surface area contributed by atoms with Gasteiger partial charge in [-0.05, 0) is 43.4 Å². The molecule has 0 spiro atoms. The van der Waals surface area contributed by atoms with Crippen molar-refractivity contribution in [1.29, 1.82) is 0 Å². The maximum absolute atomic E-state index is 12.0. The van der Waals surface area contributed by atoms with Gasteiger partial charge in [-0.15, -0.1) is 0 Å². The van der Waals surface area contributed by atoms with E-state index in [0.717, 1.165) is 35.5 Å². The summed E-state index contributed by atoms with van der Waals surface area (Å²) in [5, 5.41) is 22.0. The maximum Gasteiger partial charge on any atom is 0.320 e. The largest absolute Gasteiger partial charge is 0.481 e. The molecule has 2 aliphatic rings. The van der Waals surface area contributed by atoms with Crippen LogP contribution in [0.2, 0.25) is 0 Å². The van der Waals surface area contributed by atoms with E-state index in [1.807, 2.05) is 24.3 Å². The summed E-state index contributed by atoms with van der Waals surface area (Å²) in [6, 6.07) is 12.9. The van der Waals surface area contributed by atoms with E-state index in [-0.39, 0.29) is 12.0 Å². The fourth-order valence-corrected chi connectivity index (χ4v) is 4.48. The minimum absolute atomic E-state index is 0.139. The molecule has 1 aliphatic heterocycles. The van der Waals surface area contributed by atoms with E-state index in [0.29, 0.717) is 12.8 Å². The number of carboxylic acids is 2. The molecule has 1 saturated carbocycles. The molecular weight excluding hydrogens is 394 g/mol. The average molecular weight is 424 g/mol. The Kier molecular flexibility index (Phi) is 6.28. The molecule has 4 rings (SSSR count). The summed E-state index contributed by atoms with van der Waals surface area (Å²) in [5.41, 5.74) is 3.17. The van der Waals surface area contributed by atoms with Gasteiger partial charge < -0.3 is 20.3 Å². The summed E-state index contributed by atoms with van der Waals surface area (Å²) < 4.78 is 6.19. The standard InChI is InChI=1S/C25H29NO5/c1-2-3-4-7-15-10-11-17-18(16-8-5-6-9-22(16)31-23(17)12-15)13-21(25(29)30)26-20-14-19(20)24(27)28/h5-6,8-12,18-21,26H,2-4,7,13-14H2,1H3,(H,27,28)(H,29,30). The summed E-state index contributed by atoms with van der Waals surface area (Å²) >= 11 is 0.